The van der Waals surface area contributed by atoms with Crippen molar-refractivity contribution in [3.05, 3.63) is 34.2 Å². The molecular weight excluding hydrogens is 250 g/mol. The minimum atomic E-state index is -1.00. The number of aromatic nitrogens is 1. The lowest BCUT2D eigenvalue weighted by Crippen LogP contribution is -2.12. The summed E-state index contributed by atoms with van der Waals surface area (Å²) in [6, 6.07) is 4.83. The molecule has 6 heteroatoms. The van der Waals surface area contributed by atoms with Gasteiger partial charge in [-0.2, -0.15) is 0 Å². The van der Waals surface area contributed by atoms with Crippen molar-refractivity contribution in [2.24, 2.45) is 0 Å². The molecule has 0 atom stereocenters. The SMILES string of the molecule is COc1cc2cc(CC(=O)O)[nH]c(=O)c2cc1OC. The van der Waals surface area contributed by atoms with Crippen LogP contribution < -0.4 is 15.0 Å². The third-order valence-electron chi connectivity index (χ3n) is 2.75. The van der Waals surface area contributed by atoms with E-state index in [-0.39, 0.29) is 12.0 Å². The van der Waals surface area contributed by atoms with Crippen molar-refractivity contribution < 1.29 is 19.4 Å². The van der Waals surface area contributed by atoms with Crippen LogP contribution >= 0.6 is 0 Å². The fourth-order valence-corrected chi connectivity index (χ4v) is 1.91. The van der Waals surface area contributed by atoms with Crippen molar-refractivity contribution in [1.29, 1.82) is 0 Å². The molecule has 1 aromatic heterocycles. The summed E-state index contributed by atoms with van der Waals surface area (Å²) in [5.74, 6) is -0.0659. The van der Waals surface area contributed by atoms with Crippen LogP contribution in [-0.4, -0.2) is 30.3 Å². The van der Waals surface area contributed by atoms with Crippen LogP contribution in [0, 0.1) is 0 Å². The average molecular weight is 263 g/mol. The van der Waals surface area contributed by atoms with Crippen molar-refractivity contribution in [2.75, 3.05) is 14.2 Å². The molecule has 19 heavy (non-hydrogen) atoms. The predicted octanol–water partition coefficient (Wildman–Crippen LogP) is 1.17. The average Bonchev–Trinajstić information content (AvgIpc) is 2.36. The molecule has 0 spiro atoms. The number of ether oxygens (including phenoxy) is 2. The van der Waals surface area contributed by atoms with Crippen molar-refractivity contribution in [2.45, 2.75) is 6.42 Å². The second-order valence-electron chi connectivity index (χ2n) is 3.99. The normalized spacial score (nSPS) is 10.4. The number of H-pyrrole nitrogens is 1. The highest BCUT2D eigenvalue weighted by atomic mass is 16.5. The molecule has 2 rings (SSSR count). The number of nitrogens with one attached hydrogen (secondary N) is 1. The van der Waals surface area contributed by atoms with E-state index in [0.29, 0.717) is 28.0 Å². The highest BCUT2D eigenvalue weighted by molar-refractivity contribution is 5.86. The maximum absolute atomic E-state index is 11.9. The maximum Gasteiger partial charge on any atom is 0.309 e. The molecule has 1 aromatic carbocycles. The monoisotopic (exact) mass is 263 g/mol. The van der Waals surface area contributed by atoms with E-state index in [2.05, 4.69) is 4.98 Å². The van der Waals surface area contributed by atoms with Gasteiger partial charge in [-0.05, 0) is 23.6 Å². The molecule has 0 radical (unpaired) electrons. The Balaban J connectivity index is 2.67. The first-order valence-corrected chi connectivity index (χ1v) is 5.55. The van der Waals surface area contributed by atoms with Gasteiger partial charge in [0.05, 0.1) is 26.0 Å². The summed E-state index contributed by atoms with van der Waals surface area (Å²) in [6.45, 7) is 0. The molecule has 0 saturated carbocycles. The van der Waals surface area contributed by atoms with Crippen LogP contribution in [0.15, 0.2) is 23.0 Å². The number of rotatable bonds is 4. The first kappa shape index (κ1) is 12.9. The van der Waals surface area contributed by atoms with Gasteiger partial charge in [0.25, 0.3) is 5.56 Å². The largest absolute Gasteiger partial charge is 0.493 e. The Morgan fingerprint density at radius 1 is 1.21 bits per heavy atom. The van der Waals surface area contributed by atoms with Gasteiger partial charge in [-0.15, -0.1) is 0 Å². The topological polar surface area (TPSA) is 88.6 Å². The Morgan fingerprint density at radius 2 is 1.84 bits per heavy atom. The summed E-state index contributed by atoms with van der Waals surface area (Å²) < 4.78 is 10.3. The third kappa shape index (κ3) is 2.52. The first-order chi connectivity index (χ1) is 9.05. The van der Waals surface area contributed by atoms with Gasteiger partial charge >= 0.3 is 5.97 Å². The summed E-state index contributed by atoms with van der Waals surface area (Å²) in [5.41, 5.74) is -0.00748. The van der Waals surface area contributed by atoms with Crippen LogP contribution in [0.3, 0.4) is 0 Å². The van der Waals surface area contributed by atoms with E-state index >= 15 is 0 Å². The van der Waals surface area contributed by atoms with Gasteiger partial charge < -0.3 is 19.6 Å². The standard InChI is InChI=1S/C13H13NO5/c1-18-10-4-7-3-8(5-12(15)16)14-13(17)9(7)6-11(10)19-2/h3-4,6H,5H2,1-2H3,(H,14,17)(H,15,16). The minimum absolute atomic E-state index is 0.237. The van der Waals surface area contributed by atoms with Crippen molar-refractivity contribution in [1.82, 2.24) is 4.98 Å². The summed E-state index contributed by atoms with van der Waals surface area (Å²) in [6.07, 6.45) is -0.237. The molecule has 1 heterocycles. The van der Waals surface area contributed by atoms with E-state index in [1.54, 1.807) is 18.2 Å². The second-order valence-corrected chi connectivity index (χ2v) is 3.99. The smallest absolute Gasteiger partial charge is 0.309 e. The number of aliphatic carboxylic acids is 1. The molecule has 0 saturated heterocycles. The zero-order valence-electron chi connectivity index (χ0n) is 10.5. The van der Waals surface area contributed by atoms with Gasteiger partial charge in [-0.1, -0.05) is 0 Å². The van der Waals surface area contributed by atoms with E-state index in [1.165, 1.54) is 14.2 Å². The Bertz CT molecular complexity index is 689. The van der Waals surface area contributed by atoms with E-state index in [9.17, 15) is 9.59 Å². The molecule has 0 aliphatic rings. The second kappa shape index (κ2) is 5.01. The van der Waals surface area contributed by atoms with Crippen LogP contribution in [0.4, 0.5) is 0 Å². The van der Waals surface area contributed by atoms with Gasteiger partial charge in [0.1, 0.15) is 0 Å². The number of benzene rings is 1. The van der Waals surface area contributed by atoms with Gasteiger partial charge in [0.15, 0.2) is 11.5 Å². The van der Waals surface area contributed by atoms with E-state index < -0.39 is 5.97 Å². The van der Waals surface area contributed by atoms with Crippen molar-refractivity contribution in [3.8, 4) is 11.5 Å². The lowest BCUT2D eigenvalue weighted by Gasteiger charge is -2.09. The number of fused-ring (bicyclic) bond motifs is 1. The molecule has 0 aliphatic heterocycles. The molecular formula is C13H13NO5. The Hall–Kier alpha value is -2.50. The molecule has 2 N–H and O–H groups in total. The lowest BCUT2D eigenvalue weighted by molar-refractivity contribution is -0.136. The fraction of sp³-hybridized carbons (Fsp3) is 0.231. The molecule has 0 amide bonds. The lowest BCUT2D eigenvalue weighted by atomic mass is 10.1. The number of aromatic amines is 1. The van der Waals surface area contributed by atoms with Gasteiger partial charge in [0.2, 0.25) is 0 Å². The quantitative estimate of drug-likeness (QED) is 0.864. The summed E-state index contributed by atoms with van der Waals surface area (Å²) in [4.78, 5) is 25.1. The number of carbonyl (C=O) groups is 1. The van der Waals surface area contributed by atoms with E-state index in [0.717, 1.165) is 0 Å². The van der Waals surface area contributed by atoms with Crippen molar-refractivity contribution >= 4 is 16.7 Å². The van der Waals surface area contributed by atoms with Crippen LogP contribution in [-0.2, 0) is 11.2 Å². The van der Waals surface area contributed by atoms with Crippen LogP contribution in [0.25, 0.3) is 10.8 Å². The minimum Gasteiger partial charge on any atom is -0.493 e. The number of methoxy groups -OCH3 is 2. The number of carboxylic acid groups (broad SMARTS) is 1. The molecule has 0 fully saturated rings. The van der Waals surface area contributed by atoms with Gasteiger partial charge in [0, 0.05) is 5.69 Å². The molecule has 0 aliphatic carbocycles. The Kier molecular flexibility index (Phi) is 3.41. The molecule has 100 valence electrons. The van der Waals surface area contributed by atoms with Crippen LogP contribution in [0.5, 0.6) is 11.5 Å². The fourth-order valence-electron chi connectivity index (χ4n) is 1.91. The molecule has 2 aromatic rings. The zero-order chi connectivity index (χ0) is 14.0. The summed E-state index contributed by atoms with van der Waals surface area (Å²) >= 11 is 0. The van der Waals surface area contributed by atoms with Crippen LogP contribution in [0.2, 0.25) is 0 Å². The number of hydrogen-bond donors (Lipinski definition) is 2. The van der Waals surface area contributed by atoms with Gasteiger partial charge in [-0.25, -0.2) is 0 Å². The highest BCUT2D eigenvalue weighted by Crippen LogP contribution is 2.30. The first-order valence-electron chi connectivity index (χ1n) is 5.55. The molecule has 0 bridgehead atoms. The maximum atomic E-state index is 11.9. The third-order valence-corrected chi connectivity index (χ3v) is 2.75. The molecule has 0 unspecified atom stereocenters. The predicted molar refractivity (Wildman–Crippen MR) is 69.0 cm³/mol. The Morgan fingerprint density at radius 3 is 2.42 bits per heavy atom. The van der Waals surface area contributed by atoms with E-state index in [4.69, 9.17) is 14.6 Å². The Labute approximate surface area is 108 Å². The van der Waals surface area contributed by atoms with E-state index in [1.807, 2.05) is 0 Å². The number of carboxylic acids is 1. The van der Waals surface area contributed by atoms with Crippen molar-refractivity contribution in [3.63, 3.8) is 0 Å². The number of hydrogen-bond acceptors (Lipinski definition) is 4. The van der Waals surface area contributed by atoms with Gasteiger partial charge in [-0.3, -0.25) is 9.59 Å². The zero-order valence-corrected chi connectivity index (χ0v) is 10.5. The highest BCUT2D eigenvalue weighted by Gasteiger charge is 2.10. The number of pyridine rings is 1. The summed E-state index contributed by atoms with van der Waals surface area (Å²) in [5, 5.41) is 9.78. The molecule has 6 nitrogen and oxygen atoms in total. The summed E-state index contributed by atoms with van der Waals surface area (Å²) in [7, 11) is 2.98. The van der Waals surface area contributed by atoms with Crippen LogP contribution in [0.1, 0.15) is 5.69 Å².